The molecule has 0 amide bonds. The molecule has 0 aromatic heterocycles. The minimum absolute atomic E-state index is 0.0752. The molecule has 1 aliphatic rings. The third-order valence-corrected chi connectivity index (χ3v) is 3.66. The summed E-state index contributed by atoms with van der Waals surface area (Å²) in [6.07, 6.45) is 3.89. The first-order valence-electron chi connectivity index (χ1n) is 5.60. The van der Waals surface area contributed by atoms with Crippen LogP contribution in [0, 0.1) is 5.92 Å². The molecular weight excluding hydrogens is 268 g/mol. The Hall–Kier alpha value is -0.830. The van der Waals surface area contributed by atoms with E-state index < -0.39 is 0 Å². The van der Waals surface area contributed by atoms with E-state index in [-0.39, 0.29) is 5.78 Å². The number of hydrogen-bond donors (Lipinski definition) is 0. The standard InChI is InChI=1S/C13H15BrO2/c1-9(15)11-5-6-13(12(14)7-11)16-8-10-3-2-4-10/h5-7,10H,2-4,8H2,1H3. The highest BCUT2D eigenvalue weighted by atomic mass is 79.9. The number of ether oxygens (including phenoxy) is 1. The number of halogens is 1. The van der Waals surface area contributed by atoms with Crippen molar-refractivity contribution in [1.82, 2.24) is 0 Å². The van der Waals surface area contributed by atoms with E-state index in [1.54, 1.807) is 6.92 Å². The molecule has 2 rings (SSSR count). The Morgan fingerprint density at radius 3 is 2.75 bits per heavy atom. The van der Waals surface area contributed by atoms with Crippen LogP contribution >= 0.6 is 15.9 Å². The summed E-state index contributed by atoms with van der Waals surface area (Å²) < 4.78 is 6.58. The summed E-state index contributed by atoms with van der Waals surface area (Å²) in [6, 6.07) is 5.49. The fourth-order valence-electron chi connectivity index (χ4n) is 1.70. The van der Waals surface area contributed by atoms with E-state index in [9.17, 15) is 4.79 Å². The summed E-state index contributed by atoms with van der Waals surface area (Å²) in [5.41, 5.74) is 0.711. The van der Waals surface area contributed by atoms with Gasteiger partial charge in [-0.15, -0.1) is 0 Å². The lowest BCUT2D eigenvalue weighted by Gasteiger charge is -2.25. The van der Waals surface area contributed by atoms with Gasteiger partial charge in [0.05, 0.1) is 11.1 Å². The van der Waals surface area contributed by atoms with Gasteiger partial charge in [-0.05, 0) is 59.8 Å². The number of Topliss-reactive ketones (excluding diaryl/α,β-unsaturated/α-hetero) is 1. The fourth-order valence-corrected chi connectivity index (χ4v) is 2.20. The predicted molar refractivity (Wildman–Crippen MR) is 67.0 cm³/mol. The van der Waals surface area contributed by atoms with Crippen LogP contribution in [0.3, 0.4) is 0 Å². The van der Waals surface area contributed by atoms with E-state index in [4.69, 9.17) is 4.74 Å². The van der Waals surface area contributed by atoms with Gasteiger partial charge in [-0.3, -0.25) is 4.79 Å². The van der Waals surface area contributed by atoms with Crippen LogP contribution in [0.5, 0.6) is 5.75 Å². The van der Waals surface area contributed by atoms with Gasteiger partial charge in [0, 0.05) is 5.56 Å². The monoisotopic (exact) mass is 282 g/mol. The summed E-state index contributed by atoms with van der Waals surface area (Å²) in [5, 5.41) is 0. The molecule has 1 aromatic carbocycles. The normalized spacial score (nSPS) is 15.6. The molecule has 0 spiro atoms. The minimum Gasteiger partial charge on any atom is -0.492 e. The molecule has 1 fully saturated rings. The molecule has 0 radical (unpaired) electrons. The van der Waals surface area contributed by atoms with Crippen molar-refractivity contribution in [3.05, 3.63) is 28.2 Å². The largest absolute Gasteiger partial charge is 0.492 e. The Morgan fingerprint density at radius 1 is 1.50 bits per heavy atom. The molecule has 2 nitrogen and oxygen atoms in total. The van der Waals surface area contributed by atoms with Crippen molar-refractivity contribution in [2.24, 2.45) is 5.92 Å². The van der Waals surface area contributed by atoms with E-state index in [0.29, 0.717) is 5.56 Å². The molecule has 1 saturated carbocycles. The van der Waals surface area contributed by atoms with Crippen LogP contribution < -0.4 is 4.74 Å². The first kappa shape index (κ1) is 11.6. The molecule has 0 bridgehead atoms. The topological polar surface area (TPSA) is 26.3 Å². The van der Waals surface area contributed by atoms with Crippen LogP contribution in [0.15, 0.2) is 22.7 Å². The smallest absolute Gasteiger partial charge is 0.159 e. The fraction of sp³-hybridized carbons (Fsp3) is 0.462. The van der Waals surface area contributed by atoms with Crippen molar-refractivity contribution in [1.29, 1.82) is 0 Å². The highest BCUT2D eigenvalue weighted by molar-refractivity contribution is 9.10. The Kier molecular flexibility index (Phi) is 3.64. The van der Waals surface area contributed by atoms with Crippen molar-refractivity contribution < 1.29 is 9.53 Å². The van der Waals surface area contributed by atoms with E-state index in [1.165, 1.54) is 19.3 Å². The van der Waals surface area contributed by atoms with Gasteiger partial charge in [0.2, 0.25) is 0 Å². The number of carbonyl (C=O) groups is 1. The number of hydrogen-bond acceptors (Lipinski definition) is 2. The highest BCUT2D eigenvalue weighted by Gasteiger charge is 2.18. The Balaban J connectivity index is 2.00. The third kappa shape index (κ3) is 2.64. The van der Waals surface area contributed by atoms with Gasteiger partial charge in [0.15, 0.2) is 5.78 Å². The van der Waals surface area contributed by atoms with Crippen molar-refractivity contribution in [2.45, 2.75) is 26.2 Å². The second-order valence-electron chi connectivity index (χ2n) is 4.31. The van der Waals surface area contributed by atoms with Crippen LogP contribution in [-0.4, -0.2) is 12.4 Å². The van der Waals surface area contributed by atoms with E-state index in [0.717, 1.165) is 22.7 Å². The van der Waals surface area contributed by atoms with E-state index in [2.05, 4.69) is 15.9 Å². The van der Waals surface area contributed by atoms with Crippen LogP contribution in [0.25, 0.3) is 0 Å². The number of carbonyl (C=O) groups excluding carboxylic acids is 1. The summed E-state index contributed by atoms with van der Waals surface area (Å²) >= 11 is 3.43. The Labute approximate surface area is 104 Å². The highest BCUT2D eigenvalue weighted by Crippen LogP contribution is 2.30. The summed E-state index contributed by atoms with van der Waals surface area (Å²) in [6.45, 7) is 2.36. The van der Waals surface area contributed by atoms with Crippen molar-refractivity contribution in [2.75, 3.05) is 6.61 Å². The number of benzene rings is 1. The first-order chi connectivity index (χ1) is 7.66. The molecule has 0 heterocycles. The van der Waals surface area contributed by atoms with Gasteiger partial charge < -0.3 is 4.74 Å². The molecule has 0 atom stereocenters. The minimum atomic E-state index is 0.0752. The van der Waals surface area contributed by atoms with Crippen molar-refractivity contribution >= 4 is 21.7 Å². The quantitative estimate of drug-likeness (QED) is 0.785. The lowest BCUT2D eigenvalue weighted by atomic mass is 9.86. The number of ketones is 1. The Bertz CT molecular complexity index is 397. The zero-order valence-electron chi connectivity index (χ0n) is 9.33. The molecule has 3 heteroatoms. The van der Waals surface area contributed by atoms with E-state index >= 15 is 0 Å². The maximum Gasteiger partial charge on any atom is 0.159 e. The van der Waals surface area contributed by atoms with Gasteiger partial charge in [0.25, 0.3) is 0 Å². The van der Waals surface area contributed by atoms with Crippen LogP contribution in [0.2, 0.25) is 0 Å². The van der Waals surface area contributed by atoms with Gasteiger partial charge in [-0.1, -0.05) is 6.42 Å². The molecule has 1 aromatic rings. The first-order valence-corrected chi connectivity index (χ1v) is 6.39. The average Bonchev–Trinajstić information content (AvgIpc) is 2.17. The van der Waals surface area contributed by atoms with Crippen LogP contribution in [0.1, 0.15) is 36.5 Å². The van der Waals surface area contributed by atoms with Gasteiger partial charge in [0.1, 0.15) is 5.75 Å². The predicted octanol–water partition coefficient (Wildman–Crippen LogP) is 3.83. The molecule has 86 valence electrons. The van der Waals surface area contributed by atoms with Gasteiger partial charge in [-0.25, -0.2) is 0 Å². The average molecular weight is 283 g/mol. The lowest BCUT2D eigenvalue weighted by Crippen LogP contribution is -2.19. The number of rotatable bonds is 4. The third-order valence-electron chi connectivity index (χ3n) is 3.04. The second kappa shape index (κ2) is 5.00. The second-order valence-corrected chi connectivity index (χ2v) is 5.16. The summed E-state index contributed by atoms with van der Waals surface area (Å²) in [5.74, 6) is 1.63. The molecular formula is C13H15BrO2. The van der Waals surface area contributed by atoms with Gasteiger partial charge in [-0.2, -0.15) is 0 Å². The van der Waals surface area contributed by atoms with Crippen molar-refractivity contribution in [3.63, 3.8) is 0 Å². The zero-order valence-corrected chi connectivity index (χ0v) is 10.9. The van der Waals surface area contributed by atoms with E-state index in [1.807, 2.05) is 18.2 Å². The van der Waals surface area contributed by atoms with Crippen LogP contribution in [-0.2, 0) is 0 Å². The van der Waals surface area contributed by atoms with Gasteiger partial charge >= 0.3 is 0 Å². The molecule has 16 heavy (non-hydrogen) atoms. The Morgan fingerprint density at radius 2 is 2.25 bits per heavy atom. The van der Waals surface area contributed by atoms with Crippen LogP contribution in [0.4, 0.5) is 0 Å². The zero-order chi connectivity index (χ0) is 11.5. The SMILES string of the molecule is CC(=O)c1ccc(OCC2CCC2)c(Br)c1. The molecule has 0 unspecified atom stereocenters. The van der Waals surface area contributed by atoms with Crippen molar-refractivity contribution in [3.8, 4) is 5.75 Å². The molecule has 1 aliphatic carbocycles. The molecule has 0 N–H and O–H groups in total. The lowest BCUT2D eigenvalue weighted by molar-refractivity contribution is 0.101. The maximum atomic E-state index is 11.2. The molecule has 0 saturated heterocycles. The molecule has 0 aliphatic heterocycles. The summed E-state index contributed by atoms with van der Waals surface area (Å²) in [4.78, 5) is 11.2. The maximum absolute atomic E-state index is 11.2. The summed E-state index contributed by atoms with van der Waals surface area (Å²) in [7, 11) is 0.